The van der Waals surface area contributed by atoms with Crippen molar-refractivity contribution in [1.82, 2.24) is 14.7 Å². The minimum atomic E-state index is -0.497. The van der Waals surface area contributed by atoms with Crippen LogP contribution in [0.3, 0.4) is 0 Å². The van der Waals surface area contributed by atoms with E-state index in [0.717, 1.165) is 31.6 Å². The first-order chi connectivity index (χ1) is 13.8. The highest BCUT2D eigenvalue weighted by Gasteiger charge is 2.65. The number of amides is 3. The summed E-state index contributed by atoms with van der Waals surface area (Å²) in [6.45, 7) is 4.66. The van der Waals surface area contributed by atoms with Gasteiger partial charge in [-0.05, 0) is 43.5 Å². The van der Waals surface area contributed by atoms with E-state index in [2.05, 4.69) is 0 Å². The molecular formula is C22H29N3O4. The van der Waals surface area contributed by atoms with Gasteiger partial charge in [0, 0.05) is 57.7 Å². The molecule has 3 amide bonds. The van der Waals surface area contributed by atoms with Gasteiger partial charge in [0.25, 0.3) is 5.91 Å². The number of hydrogen-bond donors (Lipinski definition) is 0. The summed E-state index contributed by atoms with van der Waals surface area (Å²) in [6.07, 6.45) is 2.29. The van der Waals surface area contributed by atoms with Gasteiger partial charge in [0.2, 0.25) is 11.8 Å². The van der Waals surface area contributed by atoms with Crippen molar-refractivity contribution in [1.29, 1.82) is 0 Å². The van der Waals surface area contributed by atoms with Gasteiger partial charge < -0.3 is 19.4 Å². The molecule has 1 aromatic rings. The van der Waals surface area contributed by atoms with Gasteiger partial charge in [-0.2, -0.15) is 0 Å². The number of piperidine rings is 1. The van der Waals surface area contributed by atoms with Gasteiger partial charge in [-0.3, -0.25) is 14.4 Å². The van der Waals surface area contributed by atoms with Crippen molar-refractivity contribution in [2.45, 2.75) is 26.2 Å². The van der Waals surface area contributed by atoms with Crippen molar-refractivity contribution in [2.24, 2.45) is 10.8 Å². The molecule has 3 aliphatic heterocycles. The highest BCUT2D eigenvalue weighted by Crippen LogP contribution is 2.57. The quantitative estimate of drug-likeness (QED) is 0.758. The Morgan fingerprint density at radius 3 is 2.14 bits per heavy atom. The predicted octanol–water partition coefficient (Wildman–Crippen LogP) is 1.63. The van der Waals surface area contributed by atoms with Crippen LogP contribution < -0.4 is 4.74 Å². The van der Waals surface area contributed by atoms with E-state index >= 15 is 0 Å². The van der Waals surface area contributed by atoms with E-state index in [1.807, 2.05) is 16.8 Å². The van der Waals surface area contributed by atoms with E-state index < -0.39 is 5.41 Å². The van der Waals surface area contributed by atoms with Crippen LogP contribution >= 0.6 is 0 Å². The van der Waals surface area contributed by atoms with Gasteiger partial charge in [-0.15, -0.1) is 0 Å². The lowest BCUT2D eigenvalue weighted by atomic mass is 9.60. The Labute approximate surface area is 171 Å². The summed E-state index contributed by atoms with van der Waals surface area (Å²) in [4.78, 5) is 43.8. The van der Waals surface area contributed by atoms with Crippen molar-refractivity contribution < 1.29 is 19.1 Å². The van der Waals surface area contributed by atoms with E-state index in [1.165, 1.54) is 0 Å². The average Bonchev–Trinajstić information content (AvgIpc) is 3.21. The number of rotatable bonds is 2. The summed E-state index contributed by atoms with van der Waals surface area (Å²) in [5.41, 5.74) is -0.0928. The first-order valence-corrected chi connectivity index (χ1v) is 10.3. The molecule has 0 N–H and O–H groups in total. The molecule has 3 heterocycles. The topological polar surface area (TPSA) is 70.2 Å². The Morgan fingerprint density at radius 2 is 1.62 bits per heavy atom. The molecule has 7 heteroatoms. The molecule has 0 bridgehead atoms. The summed E-state index contributed by atoms with van der Waals surface area (Å²) >= 11 is 0. The lowest BCUT2D eigenvalue weighted by molar-refractivity contribution is -0.141. The fraction of sp³-hybridized carbons (Fsp3) is 0.591. The Hall–Kier alpha value is -2.57. The molecule has 7 nitrogen and oxygen atoms in total. The highest BCUT2D eigenvalue weighted by atomic mass is 16.5. The predicted molar refractivity (Wildman–Crippen MR) is 108 cm³/mol. The molecule has 0 radical (unpaired) electrons. The number of nitrogens with zero attached hydrogens (tertiary/aromatic N) is 3. The van der Waals surface area contributed by atoms with E-state index in [4.69, 9.17) is 4.74 Å². The minimum absolute atomic E-state index is 0.00726. The van der Waals surface area contributed by atoms with Crippen molar-refractivity contribution in [3.63, 3.8) is 0 Å². The molecule has 29 heavy (non-hydrogen) atoms. The maximum Gasteiger partial charge on any atom is 0.253 e. The van der Waals surface area contributed by atoms with E-state index in [1.54, 1.807) is 43.2 Å². The second-order valence-corrected chi connectivity index (χ2v) is 8.73. The summed E-state index contributed by atoms with van der Waals surface area (Å²) in [6, 6.07) is 7.16. The SMILES string of the molecule is COc1ccc(C(=O)N2CCC3(CC2)CN(C(C)=O)CC32CCN(C)C2=O)cc1. The summed E-state index contributed by atoms with van der Waals surface area (Å²) in [5.74, 6) is 0.921. The molecule has 2 spiro atoms. The van der Waals surface area contributed by atoms with Crippen LogP contribution in [0.5, 0.6) is 5.75 Å². The van der Waals surface area contributed by atoms with Crippen LogP contribution in [0.15, 0.2) is 24.3 Å². The maximum atomic E-state index is 13.2. The van der Waals surface area contributed by atoms with E-state index in [-0.39, 0.29) is 23.1 Å². The number of carbonyl (C=O) groups is 3. The molecule has 0 aliphatic carbocycles. The molecule has 3 fully saturated rings. The van der Waals surface area contributed by atoms with Crippen LogP contribution in [0.4, 0.5) is 0 Å². The van der Waals surface area contributed by atoms with Crippen LogP contribution in [0.25, 0.3) is 0 Å². The molecule has 1 aromatic carbocycles. The molecule has 1 unspecified atom stereocenters. The fourth-order valence-electron chi connectivity index (χ4n) is 5.55. The number of fused-ring (bicyclic) bond motifs is 1. The lowest BCUT2D eigenvalue weighted by Crippen LogP contribution is -2.53. The Kier molecular flexibility index (Phi) is 4.79. The van der Waals surface area contributed by atoms with Crippen LogP contribution in [0, 0.1) is 10.8 Å². The molecule has 3 saturated heterocycles. The molecule has 0 saturated carbocycles. The molecule has 4 rings (SSSR count). The van der Waals surface area contributed by atoms with Crippen molar-refractivity contribution >= 4 is 17.7 Å². The summed E-state index contributed by atoms with van der Waals surface area (Å²) in [7, 11) is 3.45. The highest BCUT2D eigenvalue weighted by molar-refractivity contribution is 5.94. The smallest absolute Gasteiger partial charge is 0.253 e. The van der Waals surface area contributed by atoms with Crippen molar-refractivity contribution in [2.75, 3.05) is 46.9 Å². The van der Waals surface area contributed by atoms with Gasteiger partial charge >= 0.3 is 0 Å². The second kappa shape index (κ2) is 7.04. The Bertz CT molecular complexity index is 829. The third-order valence-electron chi connectivity index (χ3n) is 7.39. The normalized spacial score (nSPS) is 25.9. The largest absolute Gasteiger partial charge is 0.497 e. The zero-order chi connectivity index (χ0) is 20.8. The summed E-state index contributed by atoms with van der Waals surface area (Å²) < 4.78 is 5.17. The lowest BCUT2D eigenvalue weighted by Gasteiger charge is -2.46. The van der Waals surface area contributed by atoms with Gasteiger partial charge in [0.15, 0.2) is 0 Å². The molecule has 3 aliphatic rings. The monoisotopic (exact) mass is 399 g/mol. The molecular weight excluding hydrogens is 370 g/mol. The van der Waals surface area contributed by atoms with Crippen LogP contribution in [-0.2, 0) is 9.59 Å². The first kappa shape index (κ1) is 19.7. The number of carbonyl (C=O) groups excluding carboxylic acids is 3. The molecule has 156 valence electrons. The second-order valence-electron chi connectivity index (χ2n) is 8.73. The zero-order valence-electron chi connectivity index (χ0n) is 17.4. The van der Waals surface area contributed by atoms with Crippen molar-refractivity contribution in [3.8, 4) is 5.75 Å². The van der Waals surface area contributed by atoms with Crippen molar-refractivity contribution in [3.05, 3.63) is 29.8 Å². The van der Waals surface area contributed by atoms with Gasteiger partial charge in [-0.25, -0.2) is 0 Å². The third-order valence-corrected chi connectivity index (χ3v) is 7.39. The van der Waals surface area contributed by atoms with Gasteiger partial charge in [0.1, 0.15) is 5.75 Å². The van der Waals surface area contributed by atoms with Crippen LogP contribution in [0.2, 0.25) is 0 Å². The van der Waals surface area contributed by atoms with E-state index in [9.17, 15) is 14.4 Å². The minimum Gasteiger partial charge on any atom is -0.497 e. The number of ether oxygens (including phenoxy) is 1. The van der Waals surface area contributed by atoms with Crippen LogP contribution in [-0.4, -0.2) is 79.3 Å². The fourth-order valence-corrected chi connectivity index (χ4v) is 5.55. The standard InChI is InChI=1S/C22H29N3O4/c1-16(26)25-14-21(22(15-25)10-11-23(2)20(22)28)8-12-24(13-9-21)19(27)17-4-6-18(29-3)7-5-17/h4-7H,8-15H2,1-3H3. The number of methoxy groups -OCH3 is 1. The number of hydrogen-bond acceptors (Lipinski definition) is 4. The van der Waals surface area contributed by atoms with Gasteiger partial charge in [0.05, 0.1) is 12.5 Å². The maximum absolute atomic E-state index is 13.2. The summed E-state index contributed by atoms with van der Waals surface area (Å²) in [5, 5.41) is 0. The zero-order valence-corrected chi connectivity index (χ0v) is 17.4. The third kappa shape index (κ3) is 2.98. The van der Waals surface area contributed by atoms with E-state index in [0.29, 0.717) is 31.7 Å². The number of benzene rings is 1. The molecule has 0 aromatic heterocycles. The Balaban J connectivity index is 1.53. The average molecular weight is 399 g/mol. The first-order valence-electron chi connectivity index (χ1n) is 10.3. The van der Waals surface area contributed by atoms with Crippen LogP contribution in [0.1, 0.15) is 36.5 Å². The molecule has 1 atom stereocenters. The number of likely N-dealkylation sites (tertiary alicyclic amines) is 3. The Morgan fingerprint density at radius 1 is 0.966 bits per heavy atom. The van der Waals surface area contributed by atoms with Gasteiger partial charge in [-0.1, -0.05) is 0 Å².